The molecular formula is C13H17ClN2O4. The number of hydrogen-bond acceptors (Lipinski definition) is 5. The van der Waals surface area contributed by atoms with Crippen molar-refractivity contribution in [1.29, 1.82) is 0 Å². The maximum absolute atomic E-state index is 12.4. The van der Waals surface area contributed by atoms with E-state index < -0.39 is 0 Å². The first kappa shape index (κ1) is 14.9. The fourth-order valence-corrected chi connectivity index (χ4v) is 2.26. The summed E-state index contributed by atoms with van der Waals surface area (Å²) in [6.45, 7) is 2.27. The lowest BCUT2D eigenvalue weighted by Gasteiger charge is -2.32. The van der Waals surface area contributed by atoms with E-state index in [1.807, 2.05) is 0 Å². The Labute approximate surface area is 123 Å². The maximum atomic E-state index is 12.4. The molecule has 2 heterocycles. The summed E-state index contributed by atoms with van der Waals surface area (Å²) in [5.74, 6) is 1.27. The second kappa shape index (κ2) is 6.30. The lowest BCUT2D eigenvalue weighted by molar-refractivity contribution is -0.0167. The molecule has 20 heavy (non-hydrogen) atoms. The standard InChI is InChI=1S/C13H16N2O4.ClH/c14-6-10-7-15(3-4-17-10)13(16)9-1-2-11-12(5-9)19-8-18-11;/h1-2,5,10H,3-4,6-8,14H2;1H. The van der Waals surface area contributed by atoms with Crippen LogP contribution in [0.4, 0.5) is 0 Å². The molecule has 7 heteroatoms. The molecule has 1 aromatic carbocycles. The van der Waals surface area contributed by atoms with E-state index in [9.17, 15) is 4.79 Å². The molecule has 2 aliphatic rings. The smallest absolute Gasteiger partial charge is 0.254 e. The summed E-state index contributed by atoms with van der Waals surface area (Å²) >= 11 is 0. The first-order valence-electron chi connectivity index (χ1n) is 6.28. The molecule has 1 aromatic rings. The Bertz CT molecular complexity index is 497. The van der Waals surface area contributed by atoms with Crippen molar-refractivity contribution in [2.75, 3.05) is 33.0 Å². The Balaban J connectivity index is 0.00000147. The highest BCUT2D eigenvalue weighted by atomic mass is 35.5. The number of carbonyl (C=O) groups excluding carboxylic acids is 1. The van der Waals surface area contributed by atoms with Gasteiger partial charge >= 0.3 is 0 Å². The first-order chi connectivity index (χ1) is 9.28. The van der Waals surface area contributed by atoms with Crippen molar-refractivity contribution in [3.8, 4) is 11.5 Å². The number of nitrogens with two attached hydrogens (primary N) is 1. The first-order valence-corrected chi connectivity index (χ1v) is 6.28. The Morgan fingerprint density at radius 2 is 2.15 bits per heavy atom. The Morgan fingerprint density at radius 3 is 2.95 bits per heavy atom. The van der Waals surface area contributed by atoms with Crippen molar-refractivity contribution >= 4 is 18.3 Å². The normalized spacial score (nSPS) is 20.4. The average Bonchev–Trinajstić information content (AvgIpc) is 2.94. The van der Waals surface area contributed by atoms with Crippen LogP contribution in [0.15, 0.2) is 18.2 Å². The molecule has 0 aromatic heterocycles. The minimum atomic E-state index is -0.0771. The van der Waals surface area contributed by atoms with E-state index >= 15 is 0 Å². The van der Waals surface area contributed by atoms with Gasteiger partial charge in [0.2, 0.25) is 6.79 Å². The Kier molecular flexibility index (Phi) is 4.69. The summed E-state index contributed by atoms with van der Waals surface area (Å²) in [6, 6.07) is 5.23. The number of morpholine rings is 1. The van der Waals surface area contributed by atoms with Crippen LogP contribution in [0.1, 0.15) is 10.4 Å². The van der Waals surface area contributed by atoms with Crippen LogP contribution in [0.5, 0.6) is 11.5 Å². The molecule has 0 aliphatic carbocycles. The van der Waals surface area contributed by atoms with Gasteiger partial charge in [0.15, 0.2) is 11.5 Å². The predicted octanol–water partition coefficient (Wildman–Crippen LogP) is 0.637. The van der Waals surface area contributed by atoms with Crippen LogP contribution in [-0.2, 0) is 4.74 Å². The van der Waals surface area contributed by atoms with E-state index in [-0.39, 0.29) is 31.2 Å². The number of hydrogen-bond donors (Lipinski definition) is 1. The highest BCUT2D eigenvalue weighted by Crippen LogP contribution is 2.32. The third-order valence-corrected chi connectivity index (χ3v) is 3.31. The number of ether oxygens (including phenoxy) is 3. The molecule has 1 atom stereocenters. The van der Waals surface area contributed by atoms with Crippen LogP contribution in [0.3, 0.4) is 0 Å². The number of nitrogens with zero attached hydrogens (tertiary/aromatic N) is 1. The van der Waals surface area contributed by atoms with Gasteiger partial charge in [0.05, 0.1) is 12.7 Å². The number of benzene rings is 1. The van der Waals surface area contributed by atoms with Crippen LogP contribution in [0, 0.1) is 0 Å². The van der Waals surface area contributed by atoms with E-state index in [0.29, 0.717) is 43.3 Å². The average molecular weight is 301 g/mol. The van der Waals surface area contributed by atoms with E-state index in [1.165, 1.54) is 0 Å². The molecule has 0 saturated carbocycles. The molecule has 1 fully saturated rings. The van der Waals surface area contributed by atoms with Crippen molar-refractivity contribution in [2.24, 2.45) is 5.73 Å². The molecule has 0 bridgehead atoms. The molecule has 0 spiro atoms. The summed E-state index contributed by atoms with van der Waals surface area (Å²) in [5.41, 5.74) is 6.18. The quantitative estimate of drug-likeness (QED) is 0.867. The van der Waals surface area contributed by atoms with Crippen LogP contribution < -0.4 is 15.2 Å². The van der Waals surface area contributed by atoms with Gasteiger partial charge in [0, 0.05) is 25.2 Å². The third kappa shape index (κ3) is 2.82. The minimum absolute atomic E-state index is 0. The molecule has 2 aliphatic heterocycles. The van der Waals surface area contributed by atoms with Crippen LogP contribution in [-0.4, -0.2) is 49.9 Å². The fraction of sp³-hybridized carbons (Fsp3) is 0.462. The van der Waals surface area contributed by atoms with Crippen molar-refractivity contribution in [1.82, 2.24) is 4.90 Å². The number of amides is 1. The highest BCUT2D eigenvalue weighted by Gasteiger charge is 2.25. The Morgan fingerprint density at radius 1 is 1.35 bits per heavy atom. The van der Waals surface area contributed by atoms with Gasteiger partial charge in [-0.2, -0.15) is 0 Å². The molecule has 1 saturated heterocycles. The zero-order valence-electron chi connectivity index (χ0n) is 10.9. The monoisotopic (exact) mass is 300 g/mol. The number of carbonyl (C=O) groups is 1. The second-order valence-corrected chi connectivity index (χ2v) is 4.55. The van der Waals surface area contributed by atoms with Crippen LogP contribution >= 0.6 is 12.4 Å². The molecule has 2 N–H and O–H groups in total. The number of fused-ring (bicyclic) bond motifs is 1. The summed E-state index contributed by atoms with van der Waals surface area (Å²) in [5, 5.41) is 0. The zero-order chi connectivity index (χ0) is 13.2. The summed E-state index contributed by atoms with van der Waals surface area (Å²) < 4.78 is 16.0. The summed E-state index contributed by atoms with van der Waals surface area (Å²) in [6.07, 6.45) is -0.0771. The second-order valence-electron chi connectivity index (χ2n) is 4.55. The lowest BCUT2D eigenvalue weighted by Crippen LogP contribution is -2.48. The van der Waals surface area contributed by atoms with Crippen molar-refractivity contribution in [3.05, 3.63) is 23.8 Å². The van der Waals surface area contributed by atoms with Gasteiger partial charge in [-0.25, -0.2) is 0 Å². The van der Waals surface area contributed by atoms with Crippen LogP contribution in [0.2, 0.25) is 0 Å². The van der Waals surface area contributed by atoms with Gasteiger partial charge in [0.25, 0.3) is 5.91 Å². The van der Waals surface area contributed by atoms with Crippen molar-refractivity contribution < 1.29 is 19.0 Å². The van der Waals surface area contributed by atoms with Gasteiger partial charge in [0.1, 0.15) is 0 Å². The molecule has 0 radical (unpaired) electrons. The van der Waals surface area contributed by atoms with Gasteiger partial charge < -0.3 is 24.8 Å². The van der Waals surface area contributed by atoms with Gasteiger partial charge in [-0.05, 0) is 18.2 Å². The molecule has 1 unspecified atom stereocenters. The molecular weight excluding hydrogens is 284 g/mol. The largest absolute Gasteiger partial charge is 0.454 e. The fourth-order valence-electron chi connectivity index (χ4n) is 2.26. The van der Waals surface area contributed by atoms with Crippen molar-refractivity contribution in [2.45, 2.75) is 6.10 Å². The minimum Gasteiger partial charge on any atom is -0.454 e. The zero-order valence-corrected chi connectivity index (χ0v) is 11.7. The molecule has 1 amide bonds. The van der Waals surface area contributed by atoms with E-state index in [0.717, 1.165) is 0 Å². The van der Waals surface area contributed by atoms with Crippen molar-refractivity contribution in [3.63, 3.8) is 0 Å². The van der Waals surface area contributed by atoms with E-state index in [4.69, 9.17) is 19.9 Å². The molecule has 3 rings (SSSR count). The van der Waals surface area contributed by atoms with Crippen LogP contribution in [0.25, 0.3) is 0 Å². The molecule has 6 nitrogen and oxygen atoms in total. The Hall–Kier alpha value is -1.50. The number of halogens is 1. The molecule has 110 valence electrons. The van der Waals surface area contributed by atoms with Gasteiger partial charge in [-0.3, -0.25) is 4.79 Å². The topological polar surface area (TPSA) is 74.0 Å². The highest BCUT2D eigenvalue weighted by molar-refractivity contribution is 5.95. The SMILES string of the molecule is Cl.NCC1CN(C(=O)c2ccc3c(c2)OCO3)CCO1. The maximum Gasteiger partial charge on any atom is 0.254 e. The number of rotatable bonds is 2. The van der Waals surface area contributed by atoms with E-state index in [2.05, 4.69) is 0 Å². The van der Waals surface area contributed by atoms with Gasteiger partial charge in [-0.15, -0.1) is 12.4 Å². The van der Waals surface area contributed by atoms with E-state index in [1.54, 1.807) is 23.1 Å². The third-order valence-electron chi connectivity index (χ3n) is 3.31. The summed E-state index contributed by atoms with van der Waals surface area (Å²) in [7, 11) is 0. The lowest BCUT2D eigenvalue weighted by atomic mass is 10.1. The summed E-state index contributed by atoms with van der Waals surface area (Å²) in [4.78, 5) is 14.2. The van der Waals surface area contributed by atoms with Gasteiger partial charge in [-0.1, -0.05) is 0 Å². The predicted molar refractivity (Wildman–Crippen MR) is 74.5 cm³/mol.